The zero-order chi connectivity index (χ0) is 11.4. The zero-order valence-corrected chi connectivity index (χ0v) is 9.40. The third kappa shape index (κ3) is 2.33. The third-order valence-corrected chi connectivity index (χ3v) is 2.32. The van der Waals surface area contributed by atoms with Gasteiger partial charge in [0.15, 0.2) is 11.5 Å². The van der Waals surface area contributed by atoms with Crippen molar-refractivity contribution in [2.75, 3.05) is 13.2 Å². The lowest BCUT2D eigenvalue weighted by Gasteiger charge is -2.03. The molecule has 0 radical (unpaired) electrons. The fourth-order valence-electron chi connectivity index (χ4n) is 1.47. The first-order valence-corrected chi connectivity index (χ1v) is 5.56. The fourth-order valence-corrected chi connectivity index (χ4v) is 1.47. The van der Waals surface area contributed by atoms with Gasteiger partial charge in [-0.3, -0.25) is 0 Å². The van der Waals surface area contributed by atoms with Crippen LogP contribution in [0, 0.1) is 0 Å². The van der Waals surface area contributed by atoms with E-state index in [1.807, 2.05) is 25.1 Å². The maximum Gasteiger partial charge on any atom is 0.195 e. The number of nitrogens with zero attached hydrogens (tertiary/aromatic N) is 1. The Morgan fingerprint density at radius 3 is 3.06 bits per heavy atom. The van der Waals surface area contributed by atoms with E-state index in [1.165, 1.54) is 0 Å². The second-order valence-electron chi connectivity index (χ2n) is 3.58. The highest BCUT2D eigenvalue weighted by Gasteiger charge is 2.05. The molecule has 4 nitrogen and oxygen atoms in total. The lowest BCUT2D eigenvalue weighted by atomic mass is 10.3. The van der Waals surface area contributed by atoms with E-state index >= 15 is 0 Å². The van der Waals surface area contributed by atoms with Crippen molar-refractivity contribution in [1.29, 1.82) is 0 Å². The molecule has 0 amide bonds. The number of aromatic nitrogens is 1. The van der Waals surface area contributed by atoms with Gasteiger partial charge in [-0.2, -0.15) is 0 Å². The van der Waals surface area contributed by atoms with E-state index in [-0.39, 0.29) is 0 Å². The van der Waals surface area contributed by atoms with E-state index in [4.69, 9.17) is 14.9 Å². The number of fused-ring (bicyclic) bond motifs is 1. The molecule has 0 aliphatic carbocycles. The summed E-state index contributed by atoms with van der Waals surface area (Å²) in [6.07, 6.45) is 1.66. The zero-order valence-electron chi connectivity index (χ0n) is 9.40. The molecule has 0 spiro atoms. The van der Waals surface area contributed by atoms with Crippen molar-refractivity contribution in [3.8, 4) is 5.75 Å². The van der Waals surface area contributed by atoms with Gasteiger partial charge in [-0.15, -0.1) is 0 Å². The molecule has 86 valence electrons. The third-order valence-electron chi connectivity index (χ3n) is 2.32. The SMILES string of the molecule is CCc1nc2ccc(OCCCN)cc2o1. The largest absolute Gasteiger partial charge is 0.493 e. The molecule has 4 heteroatoms. The Bertz CT molecular complexity index is 465. The Labute approximate surface area is 94.4 Å². The van der Waals surface area contributed by atoms with Gasteiger partial charge in [0.1, 0.15) is 11.3 Å². The predicted octanol–water partition coefficient (Wildman–Crippen LogP) is 2.12. The molecule has 0 unspecified atom stereocenters. The van der Waals surface area contributed by atoms with Gasteiger partial charge < -0.3 is 14.9 Å². The van der Waals surface area contributed by atoms with Crippen LogP contribution < -0.4 is 10.5 Å². The van der Waals surface area contributed by atoms with Crippen LogP contribution in [0.1, 0.15) is 19.2 Å². The van der Waals surface area contributed by atoms with Crippen molar-refractivity contribution in [3.05, 3.63) is 24.1 Å². The van der Waals surface area contributed by atoms with Crippen LogP contribution in [-0.4, -0.2) is 18.1 Å². The summed E-state index contributed by atoms with van der Waals surface area (Å²) in [5.74, 6) is 1.56. The molecular formula is C12H16N2O2. The summed E-state index contributed by atoms with van der Waals surface area (Å²) in [5.41, 5.74) is 7.05. The monoisotopic (exact) mass is 220 g/mol. The standard InChI is InChI=1S/C12H16N2O2/c1-2-12-14-10-5-4-9(8-11(10)16-12)15-7-3-6-13/h4-5,8H,2-3,6-7,13H2,1H3. The van der Waals surface area contributed by atoms with E-state index in [2.05, 4.69) is 4.98 Å². The number of rotatable bonds is 5. The van der Waals surface area contributed by atoms with Gasteiger partial charge in [0.05, 0.1) is 6.61 Å². The van der Waals surface area contributed by atoms with Gasteiger partial charge in [0.25, 0.3) is 0 Å². The molecule has 0 saturated heterocycles. The van der Waals surface area contributed by atoms with E-state index in [0.717, 1.165) is 35.6 Å². The van der Waals surface area contributed by atoms with Gasteiger partial charge in [0.2, 0.25) is 0 Å². The Kier molecular flexibility index (Phi) is 3.41. The molecule has 2 aromatic rings. The fraction of sp³-hybridized carbons (Fsp3) is 0.417. The summed E-state index contributed by atoms with van der Waals surface area (Å²) in [4.78, 5) is 4.33. The van der Waals surface area contributed by atoms with Crippen LogP contribution in [0.15, 0.2) is 22.6 Å². The van der Waals surface area contributed by atoms with Crippen LogP contribution in [-0.2, 0) is 6.42 Å². The quantitative estimate of drug-likeness (QED) is 0.784. The van der Waals surface area contributed by atoms with Crippen molar-refractivity contribution in [1.82, 2.24) is 4.98 Å². The lowest BCUT2D eigenvalue weighted by molar-refractivity contribution is 0.313. The molecule has 2 rings (SSSR count). The van der Waals surface area contributed by atoms with Gasteiger partial charge in [0, 0.05) is 12.5 Å². The van der Waals surface area contributed by atoms with Crippen LogP contribution in [0.3, 0.4) is 0 Å². The number of hydrogen-bond acceptors (Lipinski definition) is 4. The van der Waals surface area contributed by atoms with Crippen molar-refractivity contribution < 1.29 is 9.15 Å². The molecule has 1 aromatic heterocycles. The first-order valence-electron chi connectivity index (χ1n) is 5.56. The minimum atomic E-state index is 0.636. The van der Waals surface area contributed by atoms with Crippen molar-refractivity contribution in [3.63, 3.8) is 0 Å². The first kappa shape index (κ1) is 11.0. The van der Waals surface area contributed by atoms with E-state index in [9.17, 15) is 0 Å². The highest BCUT2D eigenvalue weighted by molar-refractivity contribution is 5.74. The van der Waals surface area contributed by atoms with Crippen LogP contribution in [0.2, 0.25) is 0 Å². The minimum absolute atomic E-state index is 0.636. The van der Waals surface area contributed by atoms with Gasteiger partial charge >= 0.3 is 0 Å². The summed E-state index contributed by atoms with van der Waals surface area (Å²) in [6.45, 7) is 3.30. The smallest absolute Gasteiger partial charge is 0.195 e. The van der Waals surface area contributed by atoms with E-state index in [0.29, 0.717) is 13.2 Å². The normalized spacial score (nSPS) is 10.9. The molecule has 1 aromatic carbocycles. The van der Waals surface area contributed by atoms with Crippen LogP contribution in [0.25, 0.3) is 11.1 Å². The highest BCUT2D eigenvalue weighted by atomic mass is 16.5. The maximum atomic E-state index is 5.55. The molecule has 0 aliphatic rings. The summed E-state index contributed by atoms with van der Waals surface area (Å²) < 4.78 is 11.1. The Balaban J connectivity index is 2.15. The second-order valence-corrected chi connectivity index (χ2v) is 3.58. The molecule has 0 fully saturated rings. The second kappa shape index (κ2) is 4.99. The Morgan fingerprint density at radius 2 is 2.31 bits per heavy atom. The van der Waals surface area contributed by atoms with Gasteiger partial charge in [-0.1, -0.05) is 6.92 Å². The molecule has 16 heavy (non-hydrogen) atoms. The van der Waals surface area contributed by atoms with Crippen LogP contribution in [0.4, 0.5) is 0 Å². The average Bonchev–Trinajstić information content (AvgIpc) is 2.71. The molecule has 0 aliphatic heterocycles. The predicted molar refractivity (Wildman–Crippen MR) is 62.6 cm³/mol. The van der Waals surface area contributed by atoms with E-state index < -0.39 is 0 Å². The van der Waals surface area contributed by atoms with Crippen molar-refractivity contribution >= 4 is 11.1 Å². The number of ether oxygens (including phenoxy) is 1. The molecule has 0 saturated carbocycles. The van der Waals surface area contributed by atoms with Crippen molar-refractivity contribution in [2.45, 2.75) is 19.8 Å². The van der Waals surface area contributed by atoms with Crippen molar-refractivity contribution in [2.24, 2.45) is 5.73 Å². The van der Waals surface area contributed by atoms with Gasteiger partial charge in [-0.05, 0) is 25.1 Å². The number of benzene rings is 1. The maximum absolute atomic E-state index is 5.55. The average molecular weight is 220 g/mol. The molecule has 1 heterocycles. The van der Waals surface area contributed by atoms with Crippen LogP contribution >= 0.6 is 0 Å². The molecule has 0 bridgehead atoms. The summed E-state index contributed by atoms with van der Waals surface area (Å²) in [6, 6.07) is 5.69. The molecule has 2 N–H and O–H groups in total. The Morgan fingerprint density at radius 1 is 1.44 bits per heavy atom. The molecule has 0 atom stereocenters. The molecular weight excluding hydrogens is 204 g/mol. The minimum Gasteiger partial charge on any atom is -0.493 e. The number of hydrogen-bond donors (Lipinski definition) is 1. The summed E-state index contributed by atoms with van der Waals surface area (Å²) in [5, 5.41) is 0. The Hall–Kier alpha value is -1.55. The number of aryl methyl sites for hydroxylation is 1. The first-order chi connectivity index (χ1) is 7.83. The van der Waals surface area contributed by atoms with E-state index in [1.54, 1.807) is 0 Å². The summed E-state index contributed by atoms with van der Waals surface area (Å²) >= 11 is 0. The topological polar surface area (TPSA) is 61.3 Å². The highest BCUT2D eigenvalue weighted by Crippen LogP contribution is 2.21. The van der Waals surface area contributed by atoms with Gasteiger partial charge in [-0.25, -0.2) is 4.98 Å². The summed E-state index contributed by atoms with van der Waals surface area (Å²) in [7, 11) is 0. The number of oxazole rings is 1. The number of nitrogens with two attached hydrogens (primary N) is 1. The lowest BCUT2D eigenvalue weighted by Crippen LogP contribution is -2.05. The van der Waals surface area contributed by atoms with Crippen LogP contribution in [0.5, 0.6) is 5.75 Å².